The zero-order valence-corrected chi connectivity index (χ0v) is 47.9. The van der Waals surface area contributed by atoms with Gasteiger partial charge in [-0.05, 0) is 121 Å². The summed E-state index contributed by atoms with van der Waals surface area (Å²) in [6.45, 7) is 0. The lowest BCUT2D eigenvalue weighted by Crippen LogP contribution is -2.75. The number of para-hydroxylation sites is 1. The molecule has 0 amide bonds. The lowest BCUT2D eigenvalue weighted by molar-refractivity contribution is 0.752. The standard InChI is InChI=1S/C80H57NSi2/c1-8-28-56(29-9-1)58-52-59(57-30-10-2-11-31-57)54-66(53-58)83(63-38-18-6-19-39-63,64-40-20-7-21-41-64)76-49-27-46-71-77-68-43-22-23-44-69(68)80(79(71)76)78-70(77)45-26-48-75(78)81-73-47-25-24-42-67(73)72-55-65(50-51-74(72)81)82(60-32-12-3-13-33-60,61-34-14-4-15-35-61)62-36-16-5-17-37-62/h1-55,77,80H. The van der Waals surface area contributed by atoms with Crippen LogP contribution in [0, 0.1) is 0 Å². The molecule has 1 heterocycles. The molecule has 3 aliphatic carbocycles. The number of nitrogens with zero attached hydrogens (tertiary/aromatic N) is 1. The van der Waals surface area contributed by atoms with Crippen molar-refractivity contribution in [2.75, 3.05) is 0 Å². The summed E-state index contributed by atoms with van der Waals surface area (Å²) in [6.07, 6.45) is 0. The Balaban J connectivity index is 0.982. The summed E-state index contributed by atoms with van der Waals surface area (Å²) in [5.41, 5.74) is 17.0. The van der Waals surface area contributed by atoms with Crippen molar-refractivity contribution in [1.29, 1.82) is 0 Å². The third-order valence-corrected chi connectivity index (χ3v) is 28.0. The maximum absolute atomic E-state index is 3.27. The van der Waals surface area contributed by atoms with Crippen molar-refractivity contribution in [3.8, 4) is 27.9 Å². The van der Waals surface area contributed by atoms with Crippen LogP contribution in [-0.2, 0) is 0 Å². The van der Waals surface area contributed by atoms with Crippen LogP contribution in [-0.4, -0.2) is 20.7 Å². The fourth-order valence-corrected chi connectivity index (χ4v) is 25.0. The van der Waals surface area contributed by atoms with E-state index in [0.717, 1.165) is 0 Å². The van der Waals surface area contributed by atoms with Gasteiger partial charge in [-0.1, -0.05) is 309 Å². The first-order valence-corrected chi connectivity index (χ1v) is 33.1. The Hall–Kier alpha value is -9.91. The summed E-state index contributed by atoms with van der Waals surface area (Å²) in [7, 11) is -6.12. The van der Waals surface area contributed by atoms with Gasteiger partial charge < -0.3 is 4.57 Å². The molecule has 390 valence electrons. The van der Waals surface area contributed by atoms with Crippen molar-refractivity contribution in [2.24, 2.45) is 0 Å². The van der Waals surface area contributed by atoms with Crippen molar-refractivity contribution in [3.05, 3.63) is 367 Å². The Morgan fingerprint density at radius 1 is 0.229 bits per heavy atom. The zero-order valence-electron chi connectivity index (χ0n) is 45.9. The van der Waals surface area contributed by atoms with Crippen LogP contribution in [0.1, 0.15) is 45.2 Å². The minimum atomic E-state index is -3.27. The molecule has 0 aliphatic heterocycles. The number of aromatic nitrogens is 1. The number of fused-ring (bicyclic) bond motifs is 3. The molecule has 0 spiro atoms. The first-order valence-electron chi connectivity index (χ1n) is 29.1. The summed E-state index contributed by atoms with van der Waals surface area (Å²) in [5.74, 6) is -0.0348. The van der Waals surface area contributed by atoms with Crippen LogP contribution >= 0.6 is 0 Å². The average molecular weight is 1090 g/mol. The van der Waals surface area contributed by atoms with E-state index in [2.05, 4.69) is 338 Å². The molecule has 0 saturated heterocycles. The molecule has 14 aromatic rings. The highest BCUT2D eigenvalue weighted by molar-refractivity contribution is 7.20. The third kappa shape index (κ3) is 7.52. The van der Waals surface area contributed by atoms with Gasteiger partial charge in [0.1, 0.15) is 0 Å². The van der Waals surface area contributed by atoms with Gasteiger partial charge in [0.15, 0.2) is 16.1 Å². The van der Waals surface area contributed by atoms with Crippen LogP contribution in [0.25, 0.3) is 49.7 Å². The topological polar surface area (TPSA) is 4.93 Å². The van der Waals surface area contributed by atoms with Crippen molar-refractivity contribution in [1.82, 2.24) is 4.57 Å². The number of hydrogen-bond acceptors (Lipinski definition) is 0. The maximum atomic E-state index is 2.63. The van der Waals surface area contributed by atoms with Gasteiger partial charge >= 0.3 is 0 Å². The fraction of sp³-hybridized carbons (Fsp3) is 0.0250. The fourth-order valence-electron chi connectivity index (χ4n) is 15.1. The molecular weight excluding hydrogens is 1030 g/mol. The van der Waals surface area contributed by atoms with Gasteiger partial charge in [-0.3, -0.25) is 0 Å². The molecular formula is C80H57NSi2. The van der Waals surface area contributed by atoms with E-state index in [4.69, 9.17) is 0 Å². The monoisotopic (exact) mass is 1090 g/mol. The molecule has 0 radical (unpaired) electrons. The van der Waals surface area contributed by atoms with Gasteiger partial charge in [-0.25, -0.2) is 0 Å². The Bertz CT molecular complexity index is 4520. The van der Waals surface area contributed by atoms with Crippen molar-refractivity contribution in [2.45, 2.75) is 11.8 Å². The van der Waals surface area contributed by atoms with E-state index in [9.17, 15) is 0 Å². The molecule has 17 rings (SSSR count). The summed E-state index contributed by atoms with van der Waals surface area (Å²) in [5, 5.41) is 13.6. The molecule has 0 fully saturated rings. The van der Waals surface area contributed by atoms with Crippen molar-refractivity contribution < 1.29 is 0 Å². The molecule has 3 heteroatoms. The largest absolute Gasteiger partial charge is 0.309 e. The Kier molecular flexibility index (Phi) is 11.8. The maximum Gasteiger partial charge on any atom is 0.179 e. The van der Waals surface area contributed by atoms with Gasteiger partial charge in [0.05, 0.1) is 16.7 Å². The van der Waals surface area contributed by atoms with Crippen LogP contribution in [0.4, 0.5) is 0 Å². The number of hydrogen-bond donors (Lipinski definition) is 0. The normalized spacial score (nSPS) is 14.3. The minimum absolute atomic E-state index is 0.0313. The van der Waals surface area contributed by atoms with Crippen LogP contribution in [0.5, 0.6) is 0 Å². The highest BCUT2D eigenvalue weighted by Gasteiger charge is 2.50. The highest BCUT2D eigenvalue weighted by Crippen LogP contribution is 2.57. The van der Waals surface area contributed by atoms with Gasteiger partial charge in [0.2, 0.25) is 0 Å². The molecule has 1 nitrogen and oxygen atoms in total. The Morgan fingerprint density at radius 3 is 1.17 bits per heavy atom. The Labute approximate surface area is 487 Å². The van der Waals surface area contributed by atoms with E-state index in [-0.39, 0.29) is 11.8 Å². The second-order valence-corrected chi connectivity index (χ2v) is 30.1. The predicted octanol–water partition coefficient (Wildman–Crippen LogP) is 13.9. The lowest BCUT2D eigenvalue weighted by atomic mass is 9.60. The van der Waals surface area contributed by atoms with Gasteiger partial charge in [0, 0.05) is 22.6 Å². The van der Waals surface area contributed by atoms with Crippen LogP contribution in [0.15, 0.2) is 334 Å². The molecule has 13 aromatic carbocycles. The summed E-state index contributed by atoms with van der Waals surface area (Å²) in [6, 6.07) is 127. The molecule has 0 N–H and O–H groups in total. The highest BCUT2D eigenvalue weighted by atomic mass is 28.3. The van der Waals surface area contributed by atoms with E-state index < -0.39 is 16.1 Å². The number of rotatable bonds is 11. The minimum Gasteiger partial charge on any atom is -0.309 e. The second-order valence-electron chi connectivity index (χ2n) is 22.5. The van der Waals surface area contributed by atoms with Gasteiger partial charge in [0.25, 0.3) is 0 Å². The van der Waals surface area contributed by atoms with E-state index in [0.29, 0.717) is 0 Å². The molecule has 83 heavy (non-hydrogen) atoms. The Morgan fingerprint density at radius 2 is 0.639 bits per heavy atom. The van der Waals surface area contributed by atoms with E-state index in [1.54, 1.807) is 0 Å². The quantitative estimate of drug-likeness (QED) is 0.0899. The molecule has 2 unspecified atom stereocenters. The zero-order chi connectivity index (χ0) is 54.9. The summed E-state index contributed by atoms with van der Waals surface area (Å²) < 4.78 is 2.63. The molecule has 1 aromatic heterocycles. The first-order chi connectivity index (χ1) is 41.2. The third-order valence-electron chi connectivity index (χ3n) is 18.4. The van der Waals surface area contributed by atoms with Crippen LogP contribution in [0.3, 0.4) is 0 Å². The first kappa shape index (κ1) is 49.0. The number of benzene rings is 13. The molecule has 2 bridgehead atoms. The van der Waals surface area contributed by atoms with E-state index >= 15 is 0 Å². The molecule has 0 saturated carbocycles. The summed E-state index contributed by atoms with van der Waals surface area (Å²) in [4.78, 5) is 0. The van der Waals surface area contributed by atoms with Crippen LogP contribution in [0.2, 0.25) is 0 Å². The summed E-state index contributed by atoms with van der Waals surface area (Å²) >= 11 is 0. The molecule has 2 atom stereocenters. The van der Waals surface area contributed by atoms with Crippen molar-refractivity contribution in [3.63, 3.8) is 0 Å². The predicted molar refractivity (Wildman–Crippen MR) is 354 cm³/mol. The smallest absolute Gasteiger partial charge is 0.179 e. The van der Waals surface area contributed by atoms with E-state index in [1.807, 2.05) is 0 Å². The van der Waals surface area contributed by atoms with Crippen molar-refractivity contribution >= 4 is 79.4 Å². The average Bonchev–Trinajstić information content (AvgIpc) is 1.54. The van der Waals surface area contributed by atoms with Crippen LogP contribution < -0.4 is 41.5 Å². The second kappa shape index (κ2) is 20.0. The van der Waals surface area contributed by atoms with Gasteiger partial charge in [-0.15, -0.1) is 0 Å². The van der Waals surface area contributed by atoms with E-state index in [1.165, 1.54) is 125 Å². The van der Waals surface area contributed by atoms with Gasteiger partial charge in [-0.2, -0.15) is 0 Å². The SMILES string of the molecule is c1ccc(-c2cc(-c3ccccc3)cc([Si](c3ccccc3)(c3ccccc3)c3cccc4c3C3c5ccccc5C4c4cccc(-n5c6ccccc6c6cc([Si](c7ccccc7)(c7ccccc7)c7ccccc7)ccc65)c43)c2)cc1. The molecule has 3 aliphatic rings. The lowest BCUT2D eigenvalue weighted by Gasteiger charge is -2.47.